The van der Waals surface area contributed by atoms with E-state index in [9.17, 15) is 22.8 Å². The maximum Gasteiger partial charge on any atom is 0.296 e. The molecule has 0 aliphatic carbocycles. The molecule has 1 aliphatic heterocycles. The Morgan fingerprint density at radius 2 is 1.35 bits per heavy atom. The number of Topliss-reactive ketones (excluding diaryl/α,β-unsaturated/α-hetero) is 1. The van der Waals surface area contributed by atoms with E-state index in [4.69, 9.17) is 0 Å². The van der Waals surface area contributed by atoms with Crippen molar-refractivity contribution < 1.29 is 22.8 Å². The highest BCUT2D eigenvalue weighted by Gasteiger charge is 2.28. The van der Waals surface area contributed by atoms with Gasteiger partial charge in [0.1, 0.15) is 5.75 Å². The summed E-state index contributed by atoms with van der Waals surface area (Å²) >= 11 is 0. The smallest absolute Gasteiger partial charge is 0.296 e. The molecule has 1 saturated heterocycles. The summed E-state index contributed by atoms with van der Waals surface area (Å²) in [5.41, 5.74) is 3.91. The van der Waals surface area contributed by atoms with Crippen LogP contribution in [0.1, 0.15) is 45.8 Å². The third-order valence-electron chi connectivity index (χ3n) is 6.70. The van der Waals surface area contributed by atoms with Crippen LogP contribution in [0, 0.1) is 13.8 Å². The van der Waals surface area contributed by atoms with Gasteiger partial charge >= 0.3 is 0 Å². The zero-order valence-corrected chi connectivity index (χ0v) is 21.8. The highest BCUT2D eigenvalue weighted by Crippen LogP contribution is 2.29. The van der Waals surface area contributed by atoms with E-state index >= 15 is 0 Å². The molecule has 0 spiro atoms. The Kier molecular flexibility index (Phi) is 7.88. The van der Waals surface area contributed by atoms with Crippen LogP contribution in [0.25, 0.3) is 0 Å². The summed E-state index contributed by atoms with van der Waals surface area (Å²) in [6.07, 6.45) is 1.43. The molecule has 0 bridgehead atoms. The number of piperidine rings is 1. The second-order valence-electron chi connectivity index (χ2n) is 9.50. The molecule has 4 rings (SSSR count). The molecule has 192 valence electrons. The van der Waals surface area contributed by atoms with Gasteiger partial charge in [-0.2, -0.15) is 0 Å². The standard InChI is InChI=1S/C29H30N2O5S/c1-20-3-7-24(8-4-20)28(33)29(34)30-25-11-9-22(10-12-25)23-15-17-31(18-16-23)27(32)19-37(35,36)26-13-5-21(2)6-14-26/h3-14,23H,15-19H2,1-2H3,(H,30,34). The molecule has 0 atom stereocenters. The molecular formula is C29H30N2O5S. The summed E-state index contributed by atoms with van der Waals surface area (Å²) < 4.78 is 25.3. The van der Waals surface area contributed by atoms with Gasteiger partial charge in [-0.1, -0.05) is 59.7 Å². The van der Waals surface area contributed by atoms with E-state index < -0.39 is 27.3 Å². The molecule has 2 amide bonds. The summed E-state index contributed by atoms with van der Waals surface area (Å²) in [5.74, 6) is -1.97. The fourth-order valence-electron chi connectivity index (χ4n) is 4.41. The Morgan fingerprint density at radius 3 is 1.92 bits per heavy atom. The number of hydrogen-bond donors (Lipinski definition) is 1. The molecule has 1 fully saturated rings. The van der Waals surface area contributed by atoms with Crippen LogP contribution in [0.15, 0.2) is 77.7 Å². The van der Waals surface area contributed by atoms with Gasteiger partial charge in [-0.15, -0.1) is 0 Å². The normalized spacial score (nSPS) is 14.3. The van der Waals surface area contributed by atoms with Gasteiger partial charge in [0, 0.05) is 24.3 Å². The Labute approximate surface area is 217 Å². The number of sulfone groups is 1. The predicted molar refractivity (Wildman–Crippen MR) is 142 cm³/mol. The zero-order chi connectivity index (χ0) is 26.6. The first-order valence-electron chi connectivity index (χ1n) is 12.2. The van der Waals surface area contributed by atoms with E-state index in [1.807, 2.05) is 26.0 Å². The number of hydrogen-bond acceptors (Lipinski definition) is 5. The number of nitrogens with zero attached hydrogens (tertiary/aromatic N) is 1. The largest absolute Gasteiger partial charge is 0.342 e. The minimum Gasteiger partial charge on any atom is -0.342 e. The number of nitrogens with one attached hydrogen (secondary N) is 1. The van der Waals surface area contributed by atoms with E-state index in [0.29, 0.717) is 37.2 Å². The molecule has 1 aliphatic rings. The number of benzene rings is 3. The fourth-order valence-corrected chi connectivity index (χ4v) is 5.63. The van der Waals surface area contributed by atoms with Crippen LogP contribution < -0.4 is 5.32 Å². The molecule has 8 heteroatoms. The van der Waals surface area contributed by atoms with Gasteiger partial charge in [0.05, 0.1) is 4.90 Å². The topological polar surface area (TPSA) is 101 Å². The Balaban J connectivity index is 1.29. The Hall–Kier alpha value is -3.78. The summed E-state index contributed by atoms with van der Waals surface area (Å²) in [6, 6.07) is 20.7. The van der Waals surface area contributed by atoms with Crippen LogP contribution in [-0.4, -0.2) is 49.8 Å². The van der Waals surface area contributed by atoms with Crippen molar-refractivity contribution in [3.8, 4) is 0 Å². The Bertz CT molecular complexity index is 1390. The van der Waals surface area contributed by atoms with Gasteiger partial charge in [-0.25, -0.2) is 8.42 Å². The lowest BCUT2D eigenvalue weighted by atomic mass is 9.89. The summed E-state index contributed by atoms with van der Waals surface area (Å²) in [6.45, 7) is 4.75. The van der Waals surface area contributed by atoms with Crippen LogP contribution in [0.2, 0.25) is 0 Å². The summed E-state index contributed by atoms with van der Waals surface area (Å²) in [7, 11) is -3.68. The van der Waals surface area contributed by atoms with Gasteiger partial charge in [0.15, 0.2) is 9.84 Å². The number of amides is 2. The molecule has 37 heavy (non-hydrogen) atoms. The maximum absolute atomic E-state index is 12.7. The average molecular weight is 519 g/mol. The minimum absolute atomic E-state index is 0.161. The fraction of sp³-hybridized carbons (Fsp3) is 0.276. The van der Waals surface area contributed by atoms with E-state index in [2.05, 4.69) is 5.32 Å². The Morgan fingerprint density at radius 1 is 0.811 bits per heavy atom. The van der Waals surface area contributed by atoms with Gasteiger partial charge < -0.3 is 10.2 Å². The van der Waals surface area contributed by atoms with Crippen molar-refractivity contribution in [2.75, 3.05) is 24.2 Å². The van der Waals surface area contributed by atoms with E-state index in [1.54, 1.807) is 53.4 Å². The molecule has 0 aromatic heterocycles. The first-order valence-corrected chi connectivity index (χ1v) is 13.9. The molecular weight excluding hydrogens is 488 g/mol. The third kappa shape index (κ3) is 6.51. The van der Waals surface area contributed by atoms with Crippen molar-refractivity contribution in [2.24, 2.45) is 0 Å². The third-order valence-corrected chi connectivity index (χ3v) is 8.32. The van der Waals surface area contributed by atoms with Gasteiger partial charge in [0.2, 0.25) is 5.91 Å². The van der Waals surface area contributed by atoms with Crippen LogP contribution in [0.3, 0.4) is 0 Å². The number of rotatable bonds is 7. The lowest BCUT2D eigenvalue weighted by Gasteiger charge is -2.32. The monoisotopic (exact) mass is 518 g/mol. The molecule has 3 aromatic rings. The average Bonchev–Trinajstić information content (AvgIpc) is 2.89. The SMILES string of the molecule is Cc1ccc(C(=O)C(=O)Nc2ccc(C3CCN(C(=O)CS(=O)(=O)c4ccc(C)cc4)CC3)cc2)cc1. The lowest BCUT2D eigenvalue weighted by Crippen LogP contribution is -2.41. The van der Waals surface area contributed by atoms with Crippen molar-refractivity contribution >= 4 is 33.1 Å². The number of likely N-dealkylation sites (tertiary alicyclic amines) is 1. The lowest BCUT2D eigenvalue weighted by molar-refractivity contribution is -0.129. The molecule has 3 aromatic carbocycles. The van der Waals surface area contributed by atoms with Gasteiger partial charge in [-0.05, 0) is 62.4 Å². The quantitative estimate of drug-likeness (QED) is 0.371. The van der Waals surface area contributed by atoms with Crippen molar-refractivity contribution in [3.05, 3.63) is 95.1 Å². The van der Waals surface area contributed by atoms with Crippen LogP contribution in [0.4, 0.5) is 5.69 Å². The summed E-state index contributed by atoms with van der Waals surface area (Å²) in [4.78, 5) is 39.2. The first kappa shape index (κ1) is 26.3. The van der Waals surface area contributed by atoms with Crippen molar-refractivity contribution in [3.63, 3.8) is 0 Å². The number of ketones is 1. The van der Waals surface area contributed by atoms with Crippen molar-refractivity contribution in [1.29, 1.82) is 0 Å². The number of aryl methyl sites for hydroxylation is 2. The van der Waals surface area contributed by atoms with E-state index in [0.717, 1.165) is 16.7 Å². The number of carbonyl (C=O) groups is 3. The predicted octanol–water partition coefficient (Wildman–Crippen LogP) is 4.30. The van der Waals surface area contributed by atoms with Gasteiger partial charge in [-0.3, -0.25) is 14.4 Å². The highest BCUT2D eigenvalue weighted by atomic mass is 32.2. The van der Waals surface area contributed by atoms with Crippen LogP contribution in [0.5, 0.6) is 0 Å². The molecule has 0 radical (unpaired) electrons. The van der Waals surface area contributed by atoms with Crippen molar-refractivity contribution in [1.82, 2.24) is 4.90 Å². The number of anilines is 1. The highest BCUT2D eigenvalue weighted by molar-refractivity contribution is 7.92. The second kappa shape index (κ2) is 11.1. The van der Waals surface area contributed by atoms with Crippen LogP contribution in [-0.2, 0) is 19.4 Å². The first-order chi connectivity index (χ1) is 17.6. The number of carbonyl (C=O) groups excluding carboxylic acids is 3. The molecule has 0 unspecified atom stereocenters. The molecule has 1 N–H and O–H groups in total. The summed E-state index contributed by atoms with van der Waals surface area (Å²) in [5, 5.41) is 2.65. The van der Waals surface area contributed by atoms with Crippen molar-refractivity contribution in [2.45, 2.75) is 37.5 Å². The van der Waals surface area contributed by atoms with E-state index in [1.165, 1.54) is 12.1 Å². The zero-order valence-electron chi connectivity index (χ0n) is 20.9. The van der Waals surface area contributed by atoms with Crippen LogP contribution >= 0.6 is 0 Å². The second-order valence-corrected chi connectivity index (χ2v) is 11.5. The maximum atomic E-state index is 12.7. The van der Waals surface area contributed by atoms with E-state index in [-0.39, 0.29) is 16.7 Å². The van der Waals surface area contributed by atoms with Gasteiger partial charge in [0.25, 0.3) is 11.7 Å². The molecule has 7 nitrogen and oxygen atoms in total. The molecule has 1 heterocycles. The minimum atomic E-state index is -3.68. The molecule has 0 saturated carbocycles.